The van der Waals surface area contributed by atoms with Crippen LogP contribution in [0.5, 0.6) is 0 Å². The molecule has 0 unspecified atom stereocenters. The van der Waals surface area contributed by atoms with Crippen molar-refractivity contribution in [1.29, 1.82) is 0 Å². The number of carbonyl (C=O) groups is 2. The third-order valence-electron chi connectivity index (χ3n) is 4.39. The first-order valence-corrected chi connectivity index (χ1v) is 11.4. The summed E-state index contributed by atoms with van der Waals surface area (Å²) in [6.45, 7) is 3.61. The van der Waals surface area contributed by atoms with Crippen molar-refractivity contribution in [2.45, 2.75) is 24.5 Å². The number of anilines is 1. The third kappa shape index (κ3) is 5.89. The second-order valence-electron chi connectivity index (χ2n) is 6.61. The molecule has 0 aliphatic rings. The molecular formula is C22H21F2N3O2S2. The molecule has 162 valence electrons. The van der Waals surface area contributed by atoms with E-state index in [1.165, 1.54) is 22.7 Å². The van der Waals surface area contributed by atoms with Crippen molar-refractivity contribution in [3.05, 3.63) is 75.7 Å². The number of amides is 2. The number of thiazole rings is 1. The quantitative estimate of drug-likeness (QED) is 0.473. The van der Waals surface area contributed by atoms with E-state index in [9.17, 15) is 18.4 Å². The second kappa shape index (κ2) is 10.5. The SMILES string of the molecule is CCN(CC(=O)Nc1c(F)cccc1F)C(=O)c1ccccc1SCc1csc(C)n1. The van der Waals surface area contributed by atoms with Crippen molar-refractivity contribution in [1.82, 2.24) is 9.88 Å². The molecule has 0 saturated heterocycles. The Morgan fingerprint density at radius 3 is 2.48 bits per heavy atom. The summed E-state index contributed by atoms with van der Waals surface area (Å²) in [5.74, 6) is -2.14. The van der Waals surface area contributed by atoms with Crippen LogP contribution >= 0.6 is 23.1 Å². The molecule has 3 aromatic rings. The van der Waals surface area contributed by atoms with E-state index in [1.807, 2.05) is 24.4 Å². The van der Waals surface area contributed by atoms with E-state index < -0.39 is 23.2 Å². The summed E-state index contributed by atoms with van der Waals surface area (Å²) in [5, 5.41) is 5.18. The van der Waals surface area contributed by atoms with Gasteiger partial charge in [-0.05, 0) is 38.1 Å². The van der Waals surface area contributed by atoms with Crippen LogP contribution in [-0.4, -0.2) is 34.8 Å². The summed E-state index contributed by atoms with van der Waals surface area (Å²) >= 11 is 3.06. The molecule has 1 N–H and O–H groups in total. The van der Waals surface area contributed by atoms with Gasteiger partial charge in [0.2, 0.25) is 5.91 Å². The maximum Gasteiger partial charge on any atom is 0.255 e. The fourth-order valence-corrected chi connectivity index (χ4v) is 4.52. The molecule has 0 spiro atoms. The maximum absolute atomic E-state index is 13.8. The number of aryl methyl sites for hydroxylation is 1. The number of hydrogen-bond donors (Lipinski definition) is 1. The number of benzene rings is 2. The lowest BCUT2D eigenvalue weighted by Crippen LogP contribution is -2.38. The van der Waals surface area contributed by atoms with E-state index in [2.05, 4.69) is 10.3 Å². The number of hydrogen-bond acceptors (Lipinski definition) is 5. The smallest absolute Gasteiger partial charge is 0.255 e. The lowest BCUT2D eigenvalue weighted by molar-refractivity contribution is -0.116. The number of likely N-dealkylation sites (N-methyl/N-ethyl adjacent to an activating group) is 1. The molecule has 1 aromatic heterocycles. The lowest BCUT2D eigenvalue weighted by Gasteiger charge is -2.22. The monoisotopic (exact) mass is 461 g/mol. The highest BCUT2D eigenvalue weighted by Crippen LogP contribution is 2.28. The van der Waals surface area contributed by atoms with Gasteiger partial charge in [-0.3, -0.25) is 9.59 Å². The van der Waals surface area contributed by atoms with Gasteiger partial charge < -0.3 is 10.2 Å². The highest BCUT2D eigenvalue weighted by molar-refractivity contribution is 7.98. The molecular weight excluding hydrogens is 440 g/mol. The van der Waals surface area contributed by atoms with Crippen LogP contribution in [0.15, 0.2) is 52.7 Å². The second-order valence-corrected chi connectivity index (χ2v) is 8.69. The van der Waals surface area contributed by atoms with Crippen LogP contribution in [0.2, 0.25) is 0 Å². The van der Waals surface area contributed by atoms with Gasteiger partial charge in [-0.25, -0.2) is 13.8 Å². The van der Waals surface area contributed by atoms with E-state index in [0.29, 0.717) is 11.3 Å². The first kappa shape index (κ1) is 22.9. The predicted octanol–water partition coefficient (Wildman–Crippen LogP) is 5.12. The van der Waals surface area contributed by atoms with E-state index in [1.54, 1.807) is 30.4 Å². The Balaban J connectivity index is 1.70. The summed E-state index contributed by atoms with van der Waals surface area (Å²) in [6, 6.07) is 10.5. The predicted molar refractivity (Wildman–Crippen MR) is 119 cm³/mol. The highest BCUT2D eigenvalue weighted by Gasteiger charge is 2.21. The van der Waals surface area contributed by atoms with Gasteiger partial charge in [0.25, 0.3) is 5.91 Å². The van der Waals surface area contributed by atoms with Gasteiger partial charge in [-0.2, -0.15) is 0 Å². The largest absolute Gasteiger partial charge is 0.330 e. The zero-order valence-corrected chi connectivity index (χ0v) is 18.7. The minimum atomic E-state index is -0.873. The van der Waals surface area contributed by atoms with Crippen LogP contribution in [0.1, 0.15) is 28.0 Å². The van der Waals surface area contributed by atoms with Gasteiger partial charge in [-0.1, -0.05) is 18.2 Å². The summed E-state index contributed by atoms with van der Waals surface area (Å²) in [6.07, 6.45) is 0. The minimum absolute atomic E-state index is 0.260. The molecule has 9 heteroatoms. The van der Waals surface area contributed by atoms with Crippen LogP contribution in [0.25, 0.3) is 0 Å². The van der Waals surface area contributed by atoms with Crippen molar-refractivity contribution in [3.8, 4) is 0 Å². The van der Waals surface area contributed by atoms with Crippen LogP contribution < -0.4 is 5.32 Å². The van der Waals surface area contributed by atoms with E-state index in [0.717, 1.165) is 27.7 Å². The van der Waals surface area contributed by atoms with Gasteiger partial charge >= 0.3 is 0 Å². The Morgan fingerprint density at radius 2 is 1.84 bits per heavy atom. The highest BCUT2D eigenvalue weighted by atomic mass is 32.2. The molecule has 31 heavy (non-hydrogen) atoms. The standard InChI is InChI=1S/C22H21F2N3O2S2/c1-3-27(11-20(28)26-21-17(23)8-6-9-18(21)24)22(29)16-7-4-5-10-19(16)31-13-15-12-30-14(2)25-15/h4-10,12H,3,11,13H2,1-2H3,(H,26,28). The number of nitrogens with one attached hydrogen (secondary N) is 1. The summed E-state index contributed by atoms with van der Waals surface area (Å²) in [7, 11) is 0. The number of halogens is 2. The Bertz CT molecular complexity index is 1070. The van der Waals surface area contributed by atoms with E-state index >= 15 is 0 Å². The van der Waals surface area contributed by atoms with Crippen LogP contribution in [-0.2, 0) is 10.5 Å². The molecule has 0 fully saturated rings. The van der Waals surface area contributed by atoms with Crippen LogP contribution in [0.3, 0.4) is 0 Å². The summed E-state index contributed by atoms with van der Waals surface area (Å²) in [4.78, 5) is 32.0. The van der Waals surface area contributed by atoms with Crippen molar-refractivity contribution >= 4 is 40.6 Å². The van der Waals surface area contributed by atoms with Gasteiger partial charge in [0.1, 0.15) is 23.9 Å². The van der Waals surface area contributed by atoms with Crippen molar-refractivity contribution in [2.75, 3.05) is 18.4 Å². The number of rotatable bonds is 8. The zero-order chi connectivity index (χ0) is 22.4. The number of aromatic nitrogens is 1. The molecule has 0 aliphatic carbocycles. The van der Waals surface area contributed by atoms with Crippen molar-refractivity contribution in [2.24, 2.45) is 0 Å². The molecule has 0 atom stereocenters. The Labute approximate surface area is 187 Å². The first-order valence-electron chi connectivity index (χ1n) is 9.55. The normalized spacial score (nSPS) is 10.7. The maximum atomic E-state index is 13.8. The molecule has 0 bridgehead atoms. The van der Waals surface area contributed by atoms with Crippen LogP contribution in [0.4, 0.5) is 14.5 Å². The van der Waals surface area contributed by atoms with Crippen molar-refractivity contribution < 1.29 is 18.4 Å². The Kier molecular flexibility index (Phi) is 7.75. The van der Waals surface area contributed by atoms with Gasteiger partial charge in [0, 0.05) is 22.6 Å². The number of para-hydroxylation sites is 1. The number of thioether (sulfide) groups is 1. The van der Waals surface area contributed by atoms with E-state index in [4.69, 9.17) is 0 Å². The lowest BCUT2D eigenvalue weighted by atomic mass is 10.2. The Hall–Kier alpha value is -2.78. The Morgan fingerprint density at radius 1 is 1.13 bits per heavy atom. The molecule has 2 aromatic carbocycles. The topological polar surface area (TPSA) is 62.3 Å². The van der Waals surface area contributed by atoms with E-state index in [-0.39, 0.29) is 19.0 Å². The van der Waals surface area contributed by atoms with Crippen LogP contribution in [0, 0.1) is 18.6 Å². The third-order valence-corrected chi connectivity index (χ3v) is 6.32. The summed E-state index contributed by atoms with van der Waals surface area (Å²) in [5.41, 5.74) is 0.880. The fourth-order valence-electron chi connectivity index (χ4n) is 2.86. The van der Waals surface area contributed by atoms with Crippen molar-refractivity contribution in [3.63, 3.8) is 0 Å². The van der Waals surface area contributed by atoms with Gasteiger partial charge in [0.15, 0.2) is 0 Å². The van der Waals surface area contributed by atoms with Gasteiger partial charge in [-0.15, -0.1) is 23.1 Å². The molecule has 1 heterocycles. The fraction of sp³-hybridized carbons (Fsp3) is 0.227. The zero-order valence-electron chi connectivity index (χ0n) is 17.0. The molecule has 2 amide bonds. The summed E-state index contributed by atoms with van der Waals surface area (Å²) < 4.78 is 27.6. The first-order chi connectivity index (χ1) is 14.9. The molecule has 0 radical (unpaired) electrons. The molecule has 3 rings (SSSR count). The molecule has 0 saturated carbocycles. The molecule has 0 aliphatic heterocycles. The average Bonchev–Trinajstić information content (AvgIpc) is 3.18. The van der Waals surface area contributed by atoms with Gasteiger partial charge in [0.05, 0.1) is 16.3 Å². The minimum Gasteiger partial charge on any atom is -0.330 e. The number of nitrogens with zero attached hydrogens (tertiary/aromatic N) is 2. The number of carbonyl (C=O) groups excluding carboxylic acids is 2. The molecule has 5 nitrogen and oxygen atoms in total. The average molecular weight is 462 g/mol.